The topological polar surface area (TPSA) is 104 Å². The van der Waals surface area contributed by atoms with Gasteiger partial charge in [0, 0.05) is 23.2 Å². The molecule has 0 aliphatic heterocycles. The van der Waals surface area contributed by atoms with E-state index in [1.165, 1.54) is 30.3 Å². The van der Waals surface area contributed by atoms with Gasteiger partial charge in [0.2, 0.25) is 0 Å². The first-order valence-corrected chi connectivity index (χ1v) is 10.8. The number of rotatable bonds is 8. The summed E-state index contributed by atoms with van der Waals surface area (Å²) >= 11 is 5.95. The maximum atomic E-state index is 13.7. The number of aryl methyl sites for hydroxylation is 1. The average molecular weight is 515 g/mol. The summed E-state index contributed by atoms with van der Waals surface area (Å²) in [6.45, 7) is 1.55. The maximum Gasteiger partial charge on any atom is 0.291 e. The van der Waals surface area contributed by atoms with Crippen molar-refractivity contribution in [3.8, 4) is 17.2 Å². The number of nitrogens with one attached hydrogen (secondary N) is 1. The van der Waals surface area contributed by atoms with Crippen molar-refractivity contribution in [3.05, 3.63) is 111 Å². The molecule has 184 valence electrons. The highest BCUT2D eigenvalue weighted by Crippen LogP contribution is 2.32. The van der Waals surface area contributed by atoms with Crippen LogP contribution in [0.5, 0.6) is 17.2 Å². The molecule has 0 spiro atoms. The zero-order valence-electron chi connectivity index (χ0n) is 18.6. The van der Waals surface area contributed by atoms with Crippen LogP contribution in [-0.4, -0.2) is 10.8 Å². The predicted molar refractivity (Wildman–Crippen MR) is 127 cm³/mol. The molecule has 0 unspecified atom stereocenters. The number of nitro groups is 1. The lowest BCUT2D eigenvalue weighted by Crippen LogP contribution is -2.11. The van der Waals surface area contributed by atoms with Crippen molar-refractivity contribution in [2.75, 3.05) is 5.32 Å². The van der Waals surface area contributed by atoms with Gasteiger partial charge in [-0.1, -0.05) is 11.6 Å². The summed E-state index contributed by atoms with van der Waals surface area (Å²) in [5, 5.41) is 14.4. The molecule has 8 nitrogen and oxygen atoms in total. The van der Waals surface area contributed by atoms with Crippen molar-refractivity contribution in [1.29, 1.82) is 0 Å². The van der Waals surface area contributed by atoms with Crippen molar-refractivity contribution in [2.45, 2.75) is 13.5 Å². The molecular formula is C25H17ClF2N2O6. The number of ether oxygens (including phenoxy) is 2. The molecule has 36 heavy (non-hydrogen) atoms. The Morgan fingerprint density at radius 2 is 1.83 bits per heavy atom. The normalized spacial score (nSPS) is 10.7. The number of halogens is 3. The number of carbonyl (C=O) groups excluding carboxylic acids is 1. The molecule has 0 aliphatic carbocycles. The molecule has 0 radical (unpaired) electrons. The molecule has 0 aliphatic rings. The third-order valence-corrected chi connectivity index (χ3v) is 5.11. The SMILES string of the molecule is Cc1cc(Cl)ccc1Oc1cc(NC(=O)c2ccc(COc3ccc(F)cc3F)o2)cc([N+](=O)[O-])c1. The van der Waals surface area contributed by atoms with E-state index in [0.29, 0.717) is 22.4 Å². The van der Waals surface area contributed by atoms with Crippen LogP contribution in [0, 0.1) is 28.7 Å². The van der Waals surface area contributed by atoms with E-state index in [0.717, 1.165) is 12.1 Å². The van der Waals surface area contributed by atoms with E-state index in [-0.39, 0.29) is 41.0 Å². The fraction of sp³-hybridized carbons (Fsp3) is 0.0800. The largest absolute Gasteiger partial charge is 0.483 e. The van der Waals surface area contributed by atoms with Crippen molar-refractivity contribution >= 4 is 28.9 Å². The number of nitro benzene ring substituents is 1. The van der Waals surface area contributed by atoms with Crippen LogP contribution < -0.4 is 14.8 Å². The number of hydrogen-bond donors (Lipinski definition) is 1. The van der Waals surface area contributed by atoms with E-state index in [9.17, 15) is 23.7 Å². The maximum absolute atomic E-state index is 13.7. The molecule has 1 amide bonds. The number of furan rings is 1. The summed E-state index contributed by atoms with van der Waals surface area (Å²) in [7, 11) is 0. The van der Waals surface area contributed by atoms with Crippen LogP contribution in [-0.2, 0) is 6.61 Å². The Hall–Kier alpha value is -4.44. The van der Waals surface area contributed by atoms with Gasteiger partial charge in [-0.2, -0.15) is 0 Å². The predicted octanol–water partition coefficient (Wildman–Crippen LogP) is 7.05. The van der Waals surface area contributed by atoms with Gasteiger partial charge in [0.25, 0.3) is 11.6 Å². The highest BCUT2D eigenvalue weighted by molar-refractivity contribution is 6.30. The Morgan fingerprint density at radius 1 is 1.06 bits per heavy atom. The number of benzene rings is 3. The van der Waals surface area contributed by atoms with E-state index < -0.39 is 22.5 Å². The number of non-ortho nitro benzene ring substituents is 1. The van der Waals surface area contributed by atoms with E-state index >= 15 is 0 Å². The van der Waals surface area contributed by atoms with Gasteiger partial charge in [0.1, 0.15) is 29.7 Å². The van der Waals surface area contributed by atoms with Gasteiger partial charge < -0.3 is 19.2 Å². The summed E-state index contributed by atoms with van der Waals surface area (Å²) in [4.78, 5) is 23.4. The molecule has 1 aromatic heterocycles. The molecule has 1 N–H and O–H groups in total. The van der Waals surface area contributed by atoms with Gasteiger partial charge in [-0.3, -0.25) is 14.9 Å². The van der Waals surface area contributed by atoms with E-state index in [1.54, 1.807) is 25.1 Å². The summed E-state index contributed by atoms with van der Waals surface area (Å²) in [5.74, 6) is -1.85. The molecule has 0 saturated carbocycles. The highest BCUT2D eigenvalue weighted by Gasteiger charge is 2.17. The van der Waals surface area contributed by atoms with E-state index in [1.807, 2.05) is 0 Å². The number of carbonyl (C=O) groups is 1. The van der Waals surface area contributed by atoms with Crippen LogP contribution in [0.3, 0.4) is 0 Å². The van der Waals surface area contributed by atoms with Crippen LogP contribution in [0.15, 0.2) is 71.1 Å². The van der Waals surface area contributed by atoms with Gasteiger partial charge in [-0.05, 0) is 55.0 Å². The third kappa shape index (κ3) is 5.97. The number of anilines is 1. The molecule has 0 saturated heterocycles. The first-order valence-electron chi connectivity index (χ1n) is 10.4. The number of nitrogens with zero attached hydrogens (tertiary/aromatic N) is 1. The monoisotopic (exact) mass is 514 g/mol. The standard InChI is InChI=1S/C25H17ClF2N2O6/c1-14-8-15(26)2-5-22(14)36-20-11-17(10-18(12-20)30(32)33)29-25(31)24-7-4-19(35-24)13-34-23-6-3-16(27)9-21(23)28/h2-12H,13H2,1H3,(H,29,31). The number of hydrogen-bond acceptors (Lipinski definition) is 6. The minimum absolute atomic E-state index is 0.0957. The molecular weight excluding hydrogens is 498 g/mol. The fourth-order valence-corrected chi connectivity index (χ4v) is 3.41. The van der Waals surface area contributed by atoms with Crippen LogP contribution >= 0.6 is 11.6 Å². The minimum Gasteiger partial charge on any atom is -0.483 e. The van der Waals surface area contributed by atoms with E-state index in [4.69, 9.17) is 25.5 Å². The fourth-order valence-electron chi connectivity index (χ4n) is 3.19. The summed E-state index contributed by atoms with van der Waals surface area (Å²) < 4.78 is 43.2. The second-order valence-corrected chi connectivity index (χ2v) is 8.00. The third-order valence-electron chi connectivity index (χ3n) is 4.87. The second kappa shape index (κ2) is 10.4. The molecule has 4 aromatic rings. The molecule has 11 heteroatoms. The van der Waals surface area contributed by atoms with Crippen LogP contribution in [0.1, 0.15) is 21.9 Å². The van der Waals surface area contributed by atoms with Crippen molar-refractivity contribution in [1.82, 2.24) is 0 Å². The molecule has 4 rings (SSSR count). The smallest absolute Gasteiger partial charge is 0.291 e. The van der Waals surface area contributed by atoms with Gasteiger partial charge in [0.15, 0.2) is 17.3 Å². The lowest BCUT2D eigenvalue weighted by atomic mass is 10.2. The Bertz CT molecular complexity index is 1460. The van der Waals surface area contributed by atoms with Crippen molar-refractivity contribution < 1.29 is 32.4 Å². The first-order chi connectivity index (χ1) is 17.2. The van der Waals surface area contributed by atoms with Crippen LogP contribution in [0.4, 0.5) is 20.2 Å². The van der Waals surface area contributed by atoms with Gasteiger partial charge in [0.05, 0.1) is 16.7 Å². The van der Waals surface area contributed by atoms with Crippen LogP contribution in [0.2, 0.25) is 5.02 Å². The van der Waals surface area contributed by atoms with E-state index in [2.05, 4.69) is 5.32 Å². The molecule has 0 atom stereocenters. The van der Waals surface area contributed by atoms with Crippen molar-refractivity contribution in [3.63, 3.8) is 0 Å². The lowest BCUT2D eigenvalue weighted by Gasteiger charge is -2.11. The minimum atomic E-state index is -0.878. The Kier molecular flexibility index (Phi) is 7.16. The van der Waals surface area contributed by atoms with Gasteiger partial charge in [-0.15, -0.1) is 0 Å². The summed E-state index contributed by atoms with van der Waals surface area (Å²) in [5.41, 5.74) is 0.508. The van der Waals surface area contributed by atoms with Crippen molar-refractivity contribution in [2.24, 2.45) is 0 Å². The summed E-state index contributed by atoms with van der Waals surface area (Å²) in [6, 6.07) is 14.4. The number of amides is 1. The van der Waals surface area contributed by atoms with Gasteiger partial charge >= 0.3 is 0 Å². The Labute approximate surface area is 208 Å². The zero-order chi connectivity index (χ0) is 25.8. The Morgan fingerprint density at radius 3 is 2.56 bits per heavy atom. The summed E-state index contributed by atoms with van der Waals surface area (Å²) in [6.07, 6.45) is 0. The average Bonchev–Trinajstić information content (AvgIpc) is 3.29. The van der Waals surface area contributed by atoms with Gasteiger partial charge in [-0.25, -0.2) is 8.78 Å². The Balaban J connectivity index is 1.48. The molecule has 0 fully saturated rings. The molecule has 3 aromatic carbocycles. The first kappa shape index (κ1) is 24.7. The second-order valence-electron chi connectivity index (χ2n) is 7.57. The quantitative estimate of drug-likeness (QED) is 0.199. The van der Waals surface area contributed by atoms with Crippen LogP contribution in [0.25, 0.3) is 0 Å². The lowest BCUT2D eigenvalue weighted by molar-refractivity contribution is -0.384. The highest BCUT2D eigenvalue weighted by atomic mass is 35.5. The zero-order valence-corrected chi connectivity index (χ0v) is 19.3. The molecule has 0 bridgehead atoms. The molecule has 1 heterocycles.